The molecule has 1 atom stereocenters. The van der Waals surface area contributed by atoms with Gasteiger partial charge in [-0.25, -0.2) is 0 Å². The van der Waals surface area contributed by atoms with Crippen molar-refractivity contribution in [2.75, 3.05) is 18.0 Å². The topological polar surface area (TPSA) is 85.2 Å². The smallest absolute Gasteiger partial charge is 0.318 e. The SMILES string of the molecule is CCCCN(CC(N)=O)c1nnc(C(C)Cl)o1. The van der Waals surface area contributed by atoms with Crippen LogP contribution >= 0.6 is 11.6 Å². The lowest BCUT2D eigenvalue weighted by molar-refractivity contribution is -0.116. The Hall–Kier alpha value is -1.30. The van der Waals surface area contributed by atoms with Crippen LogP contribution in [0.1, 0.15) is 38.0 Å². The van der Waals surface area contributed by atoms with Crippen molar-refractivity contribution in [3.63, 3.8) is 0 Å². The predicted octanol–water partition coefficient (Wildman–Crippen LogP) is 1.46. The van der Waals surface area contributed by atoms with Crippen molar-refractivity contribution in [3.05, 3.63) is 5.89 Å². The van der Waals surface area contributed by atoms with Gasteiger partial charge in [-0.15, -0.1) is 16.7 Å². The number of amides is 1. The van der Waals surface area contributed by atoms with Crippen LogP contribution in [0.15, 0.2) is 4.42 Å². The van der Waals surface area contributed by atoms with Crippen LogP contribution in [0.3, 0.4) is 0 Å². The van der Waals surface area contributed by atoms with Crippen LogP contribution in [0.5, 0.6) is 0 Å². The first kappa shape index (κ1) is 13.8. The van der Waals surface area contributed by atoms with Gasteiger partial charge in [-0.05, 0) is 13.3 Å². The standard InChI is InChI=1S/C10H17ClN4O2/c1-3-4-5-15(6-8(12)16)10-14-13-9(17-10)7(2)11/h7H,3-6H2,1-2H3,(H2,12,16). The van der Waals surface area contributed by atoms with E-state index in [1.165, 1.54) is 0 Å². The Kier molecular flexibility index (Phi) is 5.21. The van der Waals surface area contributed by atoms with E-state index in [0.717, 1.165) is 12.8 Å². The zero-order valence-corrected chi connectivity index (χ0v) is 10.8. The second-order valence-corrected chi connectivity index (χ2v) is 4.43. The molecule has 1 aromatic heterocycles. The van der Waals surface area contributed by atoms with E-state index >= 15 is 0 Å². The maximum Gasteiger partial charge on any atom is 0.318 e. The van der Waals surface area contributed by atoms with Gasteiger partial charge in [0.25, 0.3) is 0 Å². The van der Waals surface area contributed by atoms with Gasteiger partial charge in [0.05, 0.1) is 0 Å². The lowest BCUT2D eigenvalue weighted by Gasteiger charge is -2.17. The summed E-state index contributed by atoms with van der Waals surface area (Å²) in [6.45, 7) is 4.52. The Labute approximate surface area is 105 Å². The van der Waals surface area contributed by atoms with Crippen LogP contribution in [0.2, 0.25) is 0 Å². The molecule has 0 aromatic carbocycles. The quantitative estimate of drug-likeness (QED) is 0.750. The van der Waals surface area contributed by atoms with Crippen molar-refractivity contribution < 1.29 is 9.21 Å². The Balaban J connectivity index is 2.76. The Bertz CT molecular complexity index is 367. The molecule has 96 valence electrons. The molecule has 0 saturated heterocycles. The van der Waals surface area contributed by atoms with E-state index in [1.54, 1.807) is 11.8 Å². The number of anilines is 1. The van der Waals surface area contributed by atoms with Crippen molar-refractivity contribution in [2.45, 2.75) is 32.1 Å². The number of hydrogen-bond acceptors (Lipinski definition) is 5. The molecule has 0 aliphatic carbocycles. The summed E-state index contributed by atoms with van der Waals surface area (Å²) in [5.41, 5.74) is 5.17. The van der Waals surface area contributed by atoms with Crippen LogP contribution in [-0.2, 0) is 4.79 Å². The molecule has 7 heteroatoms. The van der Waals surface area contributed by atoms with Gasteiger partial charge in [-0.1, -0.05) is 18.4 Å². The average Bonchev–Trinajstić information content (AvgIpc) is 2.72. The van der Waals surface area contributed by atoms with E-state index < -0.39 is 5.91 Å². The monoisotopic (exact) mass is 260 g/mol. The molecule has 1 aromatic rings. The highest BCUT2D eigenvalue weighted by Gasteiger charge is 2.17. The summed E-state index contributed by atoms with van der Waals surface area (Å²) in [6, 6.07) is 0.291. The summed E-state index contributed by atoms with van der Waals surface area (Å²) in [5, 5.41) is 7.32. The number of primary amides is 1. The molecule has 0 aliphatic heterocycles. The fourth-order valence-electron chi connectivity index (χ4n) is 1.29. The molecule has 1 amide bonds. The summed E-state index contributed by atoms with van der Waals surface area (Å²) in [5.74, 6) is -0.0904. The van der Waals surface area contributed by atoms with Gasteiger partial charge in [0.2, 0.25) is 11.8 Å². The minimum Gasteiger partial charge on any atom is -0.406 e. The second-order valence-electron chi connectivity index (χ2n) is 3.78. The molecule has 0 spiro atoms. The molecule has 0 fully saturated rings. The Morgan fingerprint density at radius 3 is 2.76 bits per heavy atom. The third-order valence-electron chi connectivity index (χ3n) is 2.17. The van der Waals surface area contributed by atoms with Crippen molar-refractivity contribution in [1.29, 1.82) is 0 Å². The average molecular weight is 261 g/mol. The van der Waals surface area contributed by atoms with Crippen molar-refractivity contribution in [1.82, 2.24) is 10.2 Å². The van der Waals surface area contributed by atoms with Crippen LogP contribution in [-0.4, -0.2) is 29.2 Å². The molecule has 1 rings (SSSR count). The van der Waals surface area contributed by atoms with Crippen LogP contribution in [0.25, 0.3) is 0 Å². The fourth-order valence-corrected chi connectivity index (χ4v) is 1.38. The summed E-state index contributed by atoms with van der Waals surface area (Å²) < 4.78 is 5.37. The van der Waals surface area contributed by atoms with Gasteiger partial charge >= 0.3 is 6.01 Å². The van der Waals surface area contributed by atoms with E-state index in [2.05, 4.69) is 17.1 Å². The molecule has 0 saturated carbocycles. The molecule has 0 radical (unpaired) electrons. The lowest BCUT2D eigenvalue weighted by atomic mass is 10.3. The Morgan fingerprint density at radius 2 is 2.29 bits per heavy atom. The maximum absolute atomic E-state index is 11.0. The van der Waals surface area contributed by atoms with E-state index in [0.29, 0.717) is 18.5 Å². The molecule has 2 N–H and O–H groups in total. The predicted molar refractivity (Wildman–Crippen MR) is 64.9 cm³/mol. The molecular weight excluding hydrogens is 244 g/mol. The van der Waals surface area contributed by atoms with E-state index in [4.69, 9.17) is 21.8 Å². The molecule has 0 bridgehead atoms. The number of nitrogens with zero attached hydrogens (tertiary/aromatic N) is 3. The normalized spacial score (nSPS) is 12.4. The highest BCUT2D eigenvalue weighted by Crippen LogP contribution is 2.21. The van der Waals surface area contributed by atoms with Gasteiger partial charge in [0.1, 0.15) is 11.9 Å². The summed E-state index contributed by atoms with van der Waals surface area (Å²) in [6.07, 6.45) is 1.92. The highest BCUT2D eigenvalue weighted by atomic mass is 35.5. The molecule has 0 aliphatic rings. The van der Waals surface area contributed by atoms with Gasteiger partial charge in [-0.3, -0.25) is 4.79 Å². The highest BCUT2D eigenvalue weighted by molar-refractivity contribution is 6.20. The third-order valence-corrected chi connectivity index (χ3v) is 2.36. The summed E-state index contributed by atoms with van der Waals surface area (Å²) in [7, 11) is 0. The number of halogens is 1. The number of carbonyl (C=O) groups excluding carboxylic acids is 1. The number of hydrogen-bond donors (Lipinski definition) is 1. The van der Waals surface area contributed by atoms with Gasteiger partial charge in [0, 0.05) is 6.54 Å². The minimum absolute atomic E-state index is 0.0678. The molecule has 17 heavy (non-hydrogen) atoms. The number of carbonyl (C=O) groups is 1. The molecule has 6 nitrogen and oxygen atoms in total. The van der Waals surface area contributed by atoms with E-state index in [-0.39, 0.29) is 11.9 Å². The lowest BCUT2D eigenvalue weighted by Crippen LogP contribution is -2.34. The minimum atomic E-state index is -0.431. The van der Waals surface area contributed by atoms with Crippen LogP contribution in [0.4, 0.5) is 6.01 Å². The first-order valence-corrected chi connectivity index (χ1v) is 5.99. The number of alkyl halides is 1. The Morgan fingerprint density at radius 1 is 1.59 bits per heavy atom. The van der Waals surface area contributed by atoms with Crippen molar-refractivity contribution in [3.8, 4) is 0 Å². The van der Waals surface area contributed by atoms with Gasteiger partial charge in [0.15, 0.2) is 0 Å². The molecular formula is C10H17ClN4O2. The number of rotatable bonds is 7. The van der Waals surface area contributed by atoms with E-state index in [9.17, 15) is 4.79 Å². The zero-order chi connectivity index (χ0) is 12.8. The first-order valence-electron chi connectivity index (χ1n) is 5.55. The van der Waals surface area contributed by atoms with Gasteiger partial charge < -0.3 is 15.1 Å². The fraction of sp³-hybridized carbons (Fsp3) is 0.700. The number of aromatic nitrogens is 2. The third kappa shape index (κ3) is 4.22. The van der Waals surface area contributed by atoms with Gasteiger partial charge in [-0.2, -0.15) is 0 Å². The van der Waals surface area contributed by atoms with Crippen LogP contribution < -0.4 is 10.6 Å². The second kappa shape index (κ2) is 6.44. The molecule has 1 heterocycles. The maximum atomic E-state index is 11.0. The van der Waals surface area contributed by atoms with Crippen LogP contribution in [0, 0.1) is 0 Å². The first-order chi connectivity index (χ1) is 8.04. The summed E-state index contributed by atoms with van der Waals surface area (Å²) >= 11 is 5.82. The number of unbranched alkanes of at least 4 members (excludes halogenated alkanes) is 1. The largest absolute Gasteiger partial charge is 0.406 e. The van der Waals surface area contributed by atoms with Crippen molar-refractivity contribution >= 4 is 23.5 Å². The molecule has 1 unspecified atom stereocenters. The zero-order valence-electron chi connectivity index (χ0n) is 10.0. The summed E-state index contributed by atoms with van der Waals surface area (Å²) in [4.78, 5) is 12.6. The van der Waals surface area contributed by atoms with Crippen molar-refractivity contribution in [2.24, 2.45) is 5.73 Å². The van der Waals surface area contributed by atoms with E-state index in [1.807, 2.05) is 0 Å². The number of nitrogens with two attached hydrogens (primary N) is 1.